The second kappa shape index (κ2) is 15.4. The number of amides is 6. The summed E-state index contributed by atoms with van der Waals surface area (Å²) in [6.07, 6.45) is 8.21. The number of carbonyl (C=O) groups is 6. The molecule has 4 saturated heterocycles. The molecule has 60 heavy (non-hydrogen) atoms. The summed E-state index contributed by atoms with van der Waals surface area (Å²) in [7, 11) is 0. The lowest BCUT2D eigenvalue weighted by molar-refractivity contribution is -0.136. The monoisotopic (exact) mass is 814 g/mol. The maximum absolute atomic E-state index is 13.8. The fourth-order valence-electron chi connectivity index (χ4n) is 9.65. The second-order valence-corrected chi connectivity index (χ2v) is 16.7. The van der Waals surface area contributed by atoms with E-state index in [1.807, 2.05) is 23.1 Å². The standard InChI is InChI=1S/C43H46N10O7/c54-37-5-4-35(40(56)47-37)53-42(58)30-3-2-29(19-32(30)43(53)59)51-23-27(24-51)22-48-11-6-26(7-12-48)8-13-50-25-28-18-34(36(20-31(28)41(50)57)49-14-16-60-17-15-49)46-39(55)33-21-45-52-10-1-9-44-38(33)52/h1-3,9-10,18-21,26-27,35H,4-8,11-17,22-25H2,(H,46,55)(H,47,54,56). The molecule has 8 heterocycles. The Balaban J connectivity index is 0.711. The quantitative estimate of drug-likeness (QED) is 0.224. The van der Waals surface area contributed by atoms with E-state index in [0.29, 0.717) is 84.8 Å². The van der Waals surface area contributed by atoms with E-state index >= 15 is 0 Å². The van der Waals surface area contributed by atoms with E-state index < -0.39 is 29.7 Å². The molecule has 0 bridgehead atoms. The average Bonchev–Trinajstić information content (AvgIpc) is 3.89. The van der Waals surface area contributed by atoms with Crippen molar-refractivity contribution in [3.8, 4) is 0 Å². The van der Waals surface area contributed by atoms with Crippen LogP contribution in [0.1, 0.15) is 79.1 Å². The maximum atomic E-state index is 13.8. The Kier molecular flexibility index (Phi) is 9.78. The lowest BCUT2D eigenvalue weighted by Crippen LogP contribution is -2.54. The Hall–Kier alpha value is -6.20. The van der Waals surface area contributed by atoms with Gasteiger partial charge in [0.15, 0.2) is 5.65 Å². The topological polar surface area (TPSA) is 182 Å². The lowest BCUT2D eigenvalue weighted by atomic mass is 9.91. The van der Waals surface area contributed by atoms with Crippen molar-refractivity contribution in [2.45, 2.75) is 44.7 Å². The van der Waals surface area contributed by atoms with Crippen molar-refractivity contribution >= 4 is 58.2 Å². The fraction of sp³-hybridized carbons (Fsp3) is 0.442. The summed E-state index contributed by atoms with van der Waals surface area (Å²) in [5.41, 5.74) is 5.38. The Morgan fingerprint density at radius 2 is 1.67 bits per heavy atom. The van der Waals surface area contributed by atoms with Crippen molar-refractivity contribution in [1.29, 1.82) is 0 Å². The van der Waals surface area contributed by atoms with Gasteiger partial charge in [0.1, 0.15) is 11.6 Å². The molecule has 10 rings (SSSR count). The van der Waals surface area contributed by atoms with Gasteiger partial charge in [0, 0.05) is 81.8 Å². The molecule has 2 aromatic carbocycles. The first-order valence-corrected chi connectivity index (χ1v) is 20.9. The van der Waals surface area contributed by atoms with Gasteiger partial charge < -0.3 is 29.7 Å². The summed E-state index contributed by atoms with van der Waals surface area (Å²) >= 11 is 0. The maximum Gasteiger partial charge on any atom is 0.262 e. The van der Waals surface area contributed by atoms with Gasteiger partial charge in [-0.15, -0.1) is 0 Å². The Morgan fingerprint density at radius 3 is 2.47 bits per heavy atom. The molecule has 2 N–H and O–H groups in total. The summed E-state index contributed by atoms with van der Waals surface area (Å²) in [5, 5.41) is 9.63. The minimum absolute atomic E-state index is 0.0298. The highest BCUT2D eigenvalue weighted by Crippen LogP contribution is 2.37. The summed E-state index contributed by atoms with van der Waals surface area (Å²) < 4.78 is 7.17. The number of carbonyl (C=O) groups excluding carboxylic acids is 6. The predicted molar refractivity (Wildman–Crippen MR) is 218 cm³/mol. The van der Waals surface area contributed by atoms with Crippen LogP contribution in [0.15, 0.2) is 55.0 Å². The number of rotatable bonds is 10. The summed E-state index contributed by atoms with van der Waals surface area (Å²) in [5.74, 6) is -1.25. The van der Waals surface area contributed by atoms with Crippen molar-refractivity contribution in [1.82, 2.24) is 34.6 Å². The van der Waals surface area contributed by atoms with Gasteiger partial charge >= 0.3 is 0 Å². The SMILES string of the molecule is O=C1CCC(N2C(=O)c3ccc(N4CC(CN5CCC(CCN6Cc7cc(NC(=O)c8cnn9cccnc89)c(N8CCOCC8)cc7C6=O)CC5)C4)cc3C2=O)C(=O)N1. The Morgan fingerprint density at radius 1 is 0.867 bits per heavy atom. The third kappa shape index (κ3) is 6.94. The van der Waals surface area contributed by atoms with Crippen LogP contribution in [0, 0.1) is 11.8 Å². The second-order valence-electron chi connectivity index (χ2n) is 16.7. The van der Waals surface area contributed by atoms with Crippen molar-refractivity contribution in [3.63, 3.8) is 0 Å². The first-order valence-electron chi connectivity index (χ1n) is 20.9. The van der Waals surface area contributed by atoms with Gasteiger partial charge in [0.2, 0.25) is 11.8 Å². The number of morpholine rings is 1. The Labute approximate surface area is 345 Å². The molecule has 0 aliphatic carbocycles. The summed E-state index contributed by atoms with van der Waals surface area (Å²) in [4.78, 5) is 92.0. The minimum Gasteiger partial charge on any atom is -0.378 e. The molecule has 0 spiro atoms. The van der Waals surface area contributed by atoms with Crippen LogP contribution in [0.5, 0.6) is 0 Å². The molecule has 4 aromatic rings. The van der Waals surface area contributed by atoms with Gasteiger partial charge in [0.05, 0.1) is 41.9 Å². The normalized spacial score (nSPS) is 21.5. The number of hydrogen-bond donors (Lipinski definition) is 2. The third-order valence-electron chi connectivity index (χ3n) is 13.0. The number of aromatic nitrogens is 3. The Bertz CT molecular complexity index is 2430. The number of likely N-dealkylation sites (tertiary alicyclic amines) is 1. The molecule has 6 amide bonds. The van der Waals surface area contributed by atoms with E-state index in [2.05, 4.69) is 35.4 Å². The van der Waals surface area contributed by atoms with Crippen LogP contribution in [0.25, 0.3) is 5.65 Å². The van der Waals surface area contributed by atoms with Gasteiger partial charge in [-0.2, -0.15) is 5.10 Å². The molecule has 310 valence electrons. The highest BCUT2D eigenvalue weighted by molar-refractivity contribution is 6.23. The first-order chi connectivity index (χ1) is 29.2. The molecule has 1 unspecified atom stereocenters. The number of imide groups is 2. The fourth-order valence-corrected chi connectivity index (χ4v) is 9.65. The molecular weight excluding hydrogens is 769 g/mol. The van der Waals surface area contributed by atoms with Gasteiger partial charge in [0.25, 0.3) is 23.6 Å². The zero-order chi connectivity index (χ0) is 41.1. The lowest BCUT2D eigenvalue weighted by Gasteiger charge is -2.44. The van der Waals surface area contributed by atoms with Gasteiger partial charge in [-0.25, -0.2) is 9.50 Å². The number of fused-ring (bicyclic) bond motifs is 3. The largest absolute Gasteiger partial charge is 0.378 e. The van der Waals surface area contributed by atoms with E-state index in [9.17, 15) is 28.8 Å². The number of hydrogen-bond acceptors (Lipinski definition) is 12. The van der Waals surface area contributed by atoms with Gasteiger partial charge in [-0.05, 0) is 86.7 Å². The van der Waals surface area contributed by atoms with Crippen LogP contribution in [0.3, 0.4) is 0 Å². The van der Waals surface area contributed by atoms with E-state index in [1.54, 1.807) is 35.1 Å². The molecule has 6 aliphatic heterocycles. The zero-order valence-electron chi connectivity index (χ0n) is 33.2. The van der Waals surface area contributed by atoms with E-state index in [1.165, 1.54) is 6.20 Å². The van der Waals surface area contributed by atoms with Crippen LogP contribution in [0.2, 0.25) is 0 Å². The molecule has 17 nitrogen and oxygen atoms in total. The molecule has 0 saturated carbocycles. The van der Waals surface area contributed by atoms with Crippen LogP contribution in [-0.2, 0) is 20.9 Å². The van der Waals surface area contributed by atoms with Crippen molar-refractivity contribution < 1.29 is 33.5 Å². The number of nitrogens with zero attached hydrogens (tertiary/aromatic N) is 8. The highest BCUT2D eigenvalue weighted by atomic mass is 16.5. The number of piperidine rings is 2. The van der Waals surface area contributed by atoms with E-state index in [4.69, 9.17) is 4.74 Å². The highest BCUT2D eigenvalue weighted by Gasteiger charge is 2.45. The molecule has 17 heteroatoms. The average molecular weight is 815 g/mol. The summed E-state index contributed by atoms with van der Waals surface area (Å²) in [6, 6.07) is 9.98. The third-order valence-corrected chi connectivity index (χ3v) is 13.0. The van der Waals surface area contributed by atoms with Crippen LogP contribution < -0.4 is 20.4 Å². The molecule has 4 fully saturated rings. The van der Waals surface area contributed by atoms with Crippen molar-refractivity contribution in [2.24, 2.45) is 11.8 Å². The zero-order valence-corrected chi connectivity index (χ0v) is 33.2. The number of anilines is 3. The van der Waals surface area contributed by atoms with Gasteiger partial charge in [-0.3, -0.25) is 39.0 Å². The molecular formula is C43H46N10O7. The van der Waals surface area contributed by atoms with Crippen molar-refractivity contribution in [2.75, 3.05) is 80.7 Å². The molecule has 2 aromatic heterocycles. The molecule has 0 radical (unpaired) electrons. The van der Waals surface area contributed by atoms with Gasteiger partial charge in [-0.1, -0.05) is 0 Å². The molecule has 6 aliphatic rings. The predicted octanol–water partition coefficient (Wildman–Crippen LogP) is 2.41. The summed E-state index contributed by atoms with van der Waals surface area (Å²) in [6.45, 7) is 8.35. The minimum atomic E-state index is -0.976. The van der Waals surface area contributed by atoms with Crippen LogP contribution in [-0.4, -0.2) is 136 Å². The smallest absolute Gasteiger partial charge is 0.262 e. The number of ether oxygens (including phenoxy) is 1. The van der Waals surface area contributed by atoms with E-state index in [0.717, 1.165) is 73.8 Å². The van der Waals surface area contributed by atoms with Crippen LogP contribution >= 0.6 is 0 Å². The molecule has 1 atom stereocenters. The van der Waals surface area contributed by atoms with Crippen molar-refractivity contribution in [3.05, 3.63) is 82.8 Å². The van der Waals surface area contributed by atoms with Crippen LogP contribution in [0.4, 0.5) is 17.1 Å². The number of benzene rings is 2. The first kappa shape index (κ1) is 38.0. The van der Waals surface area contributed by atoms with E-state index in [-0.39, 0.29) is 24.7 Å². The number of nitrogens with one attached hydrogen (secondary N) is 2.